The van der Waals surface area contributed by atoms with Crippen molar-refractivity contribution in [3.63, 3.8) is 0 Å². The van der Waals surface area contributed by atoms with Gasteiger partial charge in [0.2, 0.25) is 0 Å². The Balaban J connectivity index is 1.10. The number of rotatable bonds is 4. The van der Waals surface area contributed by atoms with Gasteiger partial charge in [0.05, 0.1) is 12.2 Å². The summed E-state index contributed by atoms with van der Waals surface area (Å²) >= 11 is 0. The van der Waals surface area contributed by atoms with Crippen LogP contribution >= 0.6 is 0 Å². The topological polar surface area (TPSA) is 64.5 Å². The van der Waals surface area contributed by atoms with E-state index in [1.165, 1.54) is 102 Å². The Morgan fingerprint density at radius 3 is 2.58 bits per heavy atom. The molecule has 7 fully saturated rings. The lowest BCUT2D eigenvalue weighted by molar-refractivity contribution is -0.0236. The monoisotopic (exact) mass is 747 g/mol. The van der Waals surface area contributed by atoms with E-state index in [2.05, 4.69) is 69.9 Å². The van der Waals surface area contributed by atoms with Crippen LogP contribution in [0.5, 0.6) is 0 Å². The van der Waals surface area contributed by atoms with Crippen molar-refractivity contribution in [2.24, 2.45) is 58.2 Å². The third kappa shape index (κ3) is 5.70. The van der Waals surface area contributed by atoms with Gasteiger partial charge in [-0.05, 0) is 192 Å². The number of fused-ring (bicyclic) bond motifs is 15. The minimum Gasteiger partial charge on any atom is -0.392 e. The minimum atomic E-state index is -0.383. The Hall–Kier alpha value is -1.72. The highest BCUT2D eigenvalue weighted by atomic mass is 16.3. The molecule has 4 nitrogen and oxygen atoms in total. The van der Waals surface area contributed by atoms with Gasteiger partial charge < -0.3 is 20.8 Å². The molecule has 6 saturated carbocycles. The maximum atomic E-state index is 11.7. The Bertz CT molecular complexity index is 1750. The van der Waals surface area contributed by atoms with Gasteiger partial charge in [-0.1, -0.05) is 85.4 Å². The van der Waals surface area contributed by atoms with Gasteiger partial charge in [-0.15, -0.1) is 0 Å². The average molecular weight is 747 g/mol. The Kier molecular flexibility index (Phi) is 9.15. The summed E-state index contributed by atoms with van der Waals surface area (Å²) in [6.45, 7) is 17.3. The number of aliphatic hydroxyl groups is 2. The molecule has 0 aromatic heterocycles. The lowest BCUT2D eigenvalue weighted by Gasteiger charge is -2.60. The highest BCUT2D eigenvalue weighted by molar-refractivity contribution is 5.45. The molecule has 1 aromatic rings. The van der Waals surface area contributed by atoms with Crippen molar-refractivity contribution in [1.29, 1.82) is 0 Å². The lowest BCUT2D eigenvalue weighted by atomic mass is 9.46. The number of piperidine rings is 1. The van der Waals surface area contributed by atoms with Crippen molar-refractivity contribution in [3.05, 3.63) is 70.3 Å². The molecule has 55 heavy (non-hydrogen) atoms. The third-order valence-electron chi connectivity index (χ3n) is 19.6. The van der Waals surface area contributed by atoms with E-state index >= 15 is 0 Å². The highest BCUT2D eigenvalue weighted by Crippen LogP contribution is 2.70. The fraction of sp³-hybridized carbons (Fsp3) is 0.765. The molecule has 0 radical (unpaired) electrons. The van der Waals surface area contributed by atoms with Gasteiger partial charge in [0, 0.05) is 24.2 Å². The van der Waals surface area contributed by atoms with Crippen LogP contribution in [0.1, 0.15) is 148 Å². The third-order valence-corrected chi connectivity index (χ3v) is 19.6. The first-order valence-electron chi connectivity index (χ1n) is 23.4. The summed E-state index contributed by atoms with van der Waals surface area (Å²) in [7, 11) is 0. The maximum absolute atomic E-state index is 11.7. The first-order valence-corrected chi connectivity index (χ1v) is 23.4. The van der Waals surface area contributed by atoms with E-state index in [0.717, 1.165) is 24.7 Å². The molecule has 10 rings (SSSR count). The standard InChI is InChI=1S/C51H74N2O2/c1-30(2)37-22-41-31(3)17-38-27-48(41,5)50(28-37)16-13-34(26-50)18-33-11-10-12-39(19-33)51(14-8-7-9-15-51)43-25-44(38)53-49(6)42(43)21-36-20-35-23-45(52-29-32(4)54)46(55)24-40(35)47(36)49/h10-12,17,19,32,34-37,40,42-47,52-55H,1,7-9,13-16,18,20-29H2,2-6H3. The maximum Gasteiger partial charge on any atom is 0.0696 e. The fourth-order valence-corrected chi connectivity index (χ4v) is 17.3. The largest absolute Gasteiger partial charge is 0.392 e. The van der Waals surface area contributed by atoms with Gasteiger partial charge in [0.25, 0.3) is 0 Å². The van der Waals surface area contributed by atoms with Crippen LogP contribution in [0.3, 0.4) is 0 Å². The van der Waals surface area contributed by atoms with Crippen LogP contribution in [0.2, 0.25) is 0 Å². The van der Waals surface area contributed by atoms with Crippen molar-refractivity contribution in [2.75, 3.05) is 6.54 Å². The van der Waals surface area contributed by atoms with Gasteiger partial charge in [0.15, 0.2) is 0 Å². The van der Waals surface area contributed by atoms with Crippen molar-refractivity contribution < 1.29 is 10.2 Å². The molecule has 8 aliphatic carbocycles. The molecule has 8 bridgehead atoms. The SMILES string of the molecule is C=C(C)C1CC2=C(C)C=C3CC2(C)C2(CCC(Cc4cccc(c4)C4(CCCCC4)C4CC3NC3(C)C4CC4CC5CC(NCC(C)O)C(O)CC5C43)C2)C1. The van der Waals surface area contributed by atoms with Crippen molar-refractivity contribution in [1.82, 2.24) is 10.6 Å². The van der Waals surface area contributed by atoms with Gasteiger partial charge in [-0.2, -0.15) is 0 Å². The van der Waals surface area contributed by atoms with Gasteiger partial charge in [-0.3, -0.25) is 0 Å². The van der Waals surface area contributed by atoms with E-state index in [1.54, 1.807) is 27.8 Å². The van der Waals surface area contributed by atoms with E-state index in [1.807, 2.05) is 6.92 Å². The van der Waals surface area contributed by atoms with Crippen LogP contribution in [-0.2, 0) is 11.8 Å². The first-order chi connectivity index (χ1) is 26.3. The number of hydrogen-bond acceptors (Lipinski definition) is 4. The Morgan fingerprint density at radius 2 is 1.80 bits per heavy atom. The van der Waals surface area contributed by atoms with Crippen LogP contribution in [0.25, 0.3) is 0 Å². The molecule has 15 unspecified atom stereocenters. The van der Waals surface area contributed by atoms with Crippen LogP contribution in [0, 0.1) is 58.2 Å². The fourth-order valence-electron chi connectivity index (χ4n) is 17.3. The molecule has 1 saturated heterocycles. The van der Waals surface area contributed by atoms with Gasteiger partial charge in [0.1, 0.15) is 0 Å². The summed E-state index contributed by atoms with van der Waals surface area (Å²) in [6.07, 6.45) is 23.9. The van der Waals surface area contributed by atoms with Crippen LogP contribution in [0.4, 0.5) is 0 Å². The van der Waals surface area contributed by atoms with Crippen LogP contribution in [0.15, 0.2) is 59.2 Å². The zero-order valence-electron chi connectivity index (χ0n) is 35.1. The summed E-state index contributed by atoms with van der Waals surface area (Å²) < 4.78 is 0. The molecule has 9 aliphatic rings. The number of allylic oxidation sites excluding steroid dienone is 4. The van der Waals surface area contributed by atoms with E-state index in [9.17, 15) is 10.2 Å². The predicted octanol–water partition coefficient (Wildman–Crippen LogP) is 9.99. The molecule has 4 N–H and O–H groups in total. The highest BCUT2D eigenvalue weighted by Gasteiger charge is 2.67. The Labute approximate surface area is 333 Å². The van der Waals surface area contributed by atoms with Crippen LogP contribution < -0.4 is 10.6 Å². The quantitative estimate of drug-likeness (QED) is 0.232. The van der Waals surface area contributed by atoms with Gasteiger partial charge >= 0.3 is 0 Å². The second-order valence-corrected chi connectivity index (χ2v) is 22.4. The van der Waals surface area contributed by atoms with E-state index < -0.39 is 0 Å². The molecule has 1 heterocycles. The zero-order valence-corrected chi connectivity index (χ0v) is 35.1. The molecule has 15 atom stereocenters. The summed E-state index contributed by atoms with van der Waals surface area (Å²) in [5, 5.41) is 30.0. The van der Waals surface area contributed by atoms with E-state index in [0.29, 0.717) is 53.5 Å². The smallest absolute Gasteiger partial charge is 0.0696 e. The summed E-state index contributed by atoms with van der Waals surface area (Å²) in [4.78, 5) is 0. The summed E-state index contributed by atoms with van der Waals surface area (Å²) in [5.41, 5.74) is 10.7. The predicted molar refractivity (Wildman–Crippen MR) is 225 cm³/mol. The number of hydrogen-bond donors (Lipinski definition) is 4. The first kappa shape index (κ1) is 37.5. The molecular weight excluding hydrogens is 673 g/mol. The van der Waals surface area contributed by atoms with Crippen LogP contribution in [-0.4, -0.2) is 46.6 Å². The normalized spacial score (nSPS) is 47.3. The lowest BCUT2D eigenvalue weighted by Crippen LogP contribution is -2.66. The summed E-state index contributed by atoms with van der Waals surface area (Å²) in [6, 6.07) is 10.8. The van der Waals surface area contributed by atoms with Crippen molar-refractivity contribution in [2.45, 2.75) is 179 Å². The number of aliphatic hydroxyl groups excluding tert-OH is 2. The molecule has 2 spiro atoms. The molecular formula is C51H74N2O2. The van der Waals surface area contributed by atoms with Crippen molar-refractivity contribution in [3.8, 4) is 0 Å². The summed E-state index contributed by atoms with van der Waals surface area (Å²) in [5.74, 6) is 5.31. The van der Waals surface area contributed by atoms with E-state index in [-0.39, 0.29) is 34.6 Å². The zero-order chi connectivity index (χ0) is 38.1. The molecule has 4 heteroatoms. The van der Waals surface area contributed by atoms with Gasteiger partial charge in [-0.25, -0.2) is 0 Å². The van der Waals surface area contributed by atoms with E-state index in [4.69, 9.17) is 5.32 Å². The second-order valence-electron chi connectivity index (χ2n) is 22.4. The minimum absolute atomic E-state index is 0.0593. The average Bonchev–Trinajstić information content (AvgIpc) is 3.81. The van der Waals surface area contributed by atoms with Crippen molar-refractivity contribution >= 4 is 0 Å². The number of benzene rings is 1. The molecule has 0 amide bonds. The molecule has 300 valence electrons. The molecule has 1 aromatic carbocycles. The number of nitrogens with one attached hydrogen (secondary N) is 2. The second kappa shape index (κ2) is 13.4. The Morgan fingerprint density at radius 1 is 0.982 bits per heavy atom. The molecule has 1 aliphatic heterocycles.